The van der Waals surface area contributed by atoms with Crippen LogP contribution in [-0.2, 0) is 4.79 Å². The molecule has 1 heterocycles. The molecule has 1 rings (SSSR count). The summed E-state index contributed by atoms with van der Waals surface area (Å²) >= 11 is 0. The molecule has 1 amide bonds. The number of amides is 1. The number of hydrogen-bond donors (Lipinski definition) is 1. The Labute approximate surface area is 82.6 Å². The highest BCUT2D eigenvalue weighted by Gasteiger charge is 2.24. The van der Waals surface area contributed by atoms with Crippen molar-refractivity contribution in [3.63, 3.8) is 0 Å². The van der Waals surface area contributed by atoms with Gasteiger partial charge in [0.1, 0.15) is 0 Å². The van der Waals surface area contributed by atoms with Crippen molar-refractivity contribution in [2.75, 3.05) is 27.2 Å². The van der Waals surface area contributed by atoms with Crippen molar-refractivity contribution < 1.29 is 14.7 Å². The first-order valence-corrected chi connectivity index (χ1v) is 4.39. The summed E-state index contributed by atoms with van der Waals surface area (Å²) in [6, 6.07) is 0. The lowest BCUT2D eigenvalue weighted by Crippen LogP contribution is -2.40. The molecular formula is C9H14N2O3. The van der Waals surface area contributed by atoms with Crippen LogP contribution in [0.3, 0.4) is 0 Å². The first-order chi connectivity index (χ1) is 6.50. The summed E-state index contributed by atoms with van der Waals surface area (Å²) < 4.78 is 0. The summed E-state index contributed by atoms with van der Waals surface area (Å²) in [6.07, 6.45) is 1.23. The predicted octanol–water partition coefficient (Wildman–Crippen LogP) is 0.385. The zero-order valence-electron chi connectivity index (χ0n) is 8.36. The standard InChI is InChI=1S/C9H14N2O3/c1-10(2)5-7-3-4-11(9(13)14)6-8(7)12/h5H,3-4,6H2,1-2H3,(H,13,14). The zero-order chi connectivity index (χ0) is 10.7. The van der Waals surface area contributed by atoms with Crippen LogP contribution in [0, 0.1) is 0 Å². The number of Topliss-reactive ketones (excluding diaryl/α,β-unsaturated/α-hetero) is 1. The quantitative estimate of drug-likeness (QED) is 0.619. The third-order valence-electron chi connectivity index (χ3n) is 2.03. The number of carboxylic acid groups (broad SMARTS) is 1. The fraction of sp³-hybridized carbons (Fsp3) is 0.556. The van der Waals surface area contributed by atoms with Gasteiger partial charge in [-0.2, -0.15) is 0 Å². The highest BCUT2D eigenvalue weighted by Crippen LogP contribution is 2.13. The third-order valence-corrected chi connectivity index (χ3v) is 2.03. The molecule has 1 N–H and O–H groups in total. The van der Waals surface area contributed by atoms with E-state index in [1.807, 2.05) is 14.1 Å². The van der Waals surface area contributed by atoms with Gasteiger partial charge in [0.2, 0.25) is 0 Å². The molecule has 0 aliphatic carbocycles. The number of piperidine rings is 1. The number of nitrogens with zero attached hydrogens (tertiary/aromatic N) is 2. The van der Waals surface area contributed by atoms with Gasteiger partial charge in [0.15, 0.2) is 5.78 Å². The maximum Gasteiger partial charge on any atom is 0.407 e. The molecule has 0 aromatic carbocycles. The smallest absolute Gasteiger partial charge is 0.407 e. The van der Waals surface area contributed by atoms with Crippen molar-refractivity contribution in [2.45, 2.75) is 6.42 Å². The minimum absolute atomic E-state index is 0.0188. The fourth-order valence-electron chi connectivity index (χ4n) is 1.36. The van der Waals surface area contributed by atoms with Crippen LogP contribution in [0.4, 0.5) is 4.79 Å². The molecule has 0 atom stereocenters. The third kappa shape index (κ3) is 2.48. The molecular weight excluding hydrogens is 184 g/mol. The van der Waals surface area contributed by atoms with E-state index in [0.29, 0.717) is 18.5 Å². The van der Waals surface area contributed by atoms with Gasteiger partial charge < -0.3 is 14.9 Å². The van der Waals surface area contributed by atoms with Gasteiger partial charge in [0, 0.05) is 32.4 Å². The van der Waals surface area contributed by atoms with E-state index in [1.54, 1.807) is 11.1 Å². The summed E-state index contributed by atoms with van der Waals surface area (Å²) in [6.45, 7) is 0.385. The van der Waals surface area contributed by atoms with Crippen molar-refractivity contribution in [3.05, 3.63) is 11.8 Å². The monoisotopic (exact) mass is 198 g/mol. The van der Waals surface area contributed by atoms with Crippen LogP contribution in [0.2, 0.25) is 0 Å². The second kappa shape index (κ2) is 4.13. The Kier molecular flexibility index (Phi) is 3.11. The molecule has 1 fully saturated rings. The average molecular weight is 198 g/mol. The van der Waals surface area contributed by atoms with Crippen LogP contribution in [-0.4, -0.2) is 54.0 Å². The topological polar surface area (TPSA) is 60.9 Å². The number of ketones is 1. The summed E-state index contributed by atoms with van der Waals surface area (Å²) in [7, 11) is 3.67. The van der Waals surface area contributed by atoms with Gasteiger partial charge in [0.25, 0.3) is 0 Å². The molecule has 14 heavy (non-hydrogen) atoms. The Morgan fingerprint density at radius 3 is 2.64 bits per heavy atom. The van der Waals surface area contributed by atoms with Gasteiger partial charge >= 0.3 is 6.09 Å². The van der Waals surface area contributed by atoms with Gasteiger partial charge in [-0.25, -0.2) is 4.79 Å². The number of rotatable bonds is 1. The minimum atomic E-state index is -1.03. The zero-order valence-corrected chi connectivity index (χ0v) is 8.36. The molecule has 0 saturated carbocycles. The van der Waals surface area contributed by atoms with Gasteiger partial charge in [-0.1, -0.05) is 0 Å². The van der Waals surface area contributed by atoms with Crippen LogP contribution in [0.25, 0.3) is 0 Å². The van der Waals surface area contributed by atoms with Gasteiger partial charge in [-0.05, 0) is 6.42 Å². The highest BCUT2D eigenvalue weighted by atomic mass is 16.4. The van der Waals surface area contributed by atoms with Crippen molar-refractivity contribution >= 4 is 11.9 Å². The summed E-state index contributed by atoms with van der Waals surface area (Å²) in [5.74, 6) is -0.104. The molecule has 0 unspecified atom stereocenters. The maximum absolute atomic E-state index is 11.4. The molecule has 1 aliphatic heterocycles. The Bertz CT molecular complexity index is 284. The van der Waals surface area contributed by atoms with Crippen molar-refractivity contribution in [1.29, 1.82) is 0 Å². The van der Waals surface area contributed by atoms with Crippen molar-refractivity contribution in [3.8, 4) is 0 Å². The Morgan fingerprint density at radius 1 is 1.57 bits per heavy atom. The van der Waals surface area contributed by atoms with Gasteiger partial charge in [0.05, 0.1) is 6.54 Å². The maximum atomic E-state index is 11.4. The van der Waals surface area contributed by atoms with E-state index in [2.05, 4.69) is 0 Å². The van der Waals surface area contributed by atoms with Crippen molar-refractivity contribution in [2.24, 2.45) is 0 Å². The lowest BCUT2D eigenvalue weighted by molar-refractivity contribution is -0.117. The molecule has 1 saturated heterocycles. The molecule has 78 valence electrons. The number of carbonyl (C=O) groups excluding carboxylic acids is 1. The summed E-state index contributed by atoms with van der Waals surface area (Å²) in [4.78, 5) is 24.9. The molecule has 5 nitrogen and oxygen atoms in total. The minimum Gasteiger partial charge on any atom is -0.465 e. The van der Waals surface area contributed by atoms with E-state index in [9.17, 15) is 9.59 Å². The Hall–Kier alpha value is -1.52. The molecule has 0 bridgehead atoms. The predicted molar refractivity (Wildman–Crippen MR) is 51.0 cm³/mol. The number of likely N-dealkylation sites (tertiary alicyclic amines) is 1. The second-order valence-electron chi connectivity index (χ2n) is 3.50. The molecule has 0 aromatic rings. The van der Waals surface area contributed by atoms with Crippen molar-refractivity contribution in [1.82, 2.24) is 9.80 Å². The SMILES string of the molecule is CN(C)C=C1CCN(C(=O)O)CC1=O. The lowest BCUT2D eigenvalue weighted by atomic mass is 10.0. The van der Waals surface area contributed by atoms with Crippen LogP contribution in [0.1, 0.15) is 6.42 Å². The van der Waals surface area contributed by atoms with Crippen LogP contribution in [0.15, 0.2) is 11.8 Å². The van der Waals surface area contributed by atoms with E-state index < -0.39 is 6.09 Å². The number of hydrogen-bond acceptors (Lipinski definition) is 3. The molecule has 0 radical (unpaired) electrons. The molecule has 0 spiro atoms. The van der Waals surface area contributed by atoms with E-state index in [-0.39, 0.29) is 12.3 Å². The first-order valence-electron chi connectivity index (χ1n) is 4.39. The normalized spacial score (nSPS) is 20.0. The molecule has 1 aliphatic rings. The van der Waals surface area contributed by atoms with E-state index in [0.717, 1.165) is 4.90 Å². The van der Waals surface area contributed by atoms with Crippen LogP contribution in [0.5, 0.6) is 0 Å². The first kappa shape index (κ1) is 10.6. The second-order valence-corrected chi connectivity index (χ2v) is 3.50. The summed E-state index contributed by atoms with van der Waals surface area (Å²) in [5.41, 5.74) is 0.701. The van der Waals surface area contributed by atoms with E-state index in [4.69, 9.17) is 5.11 Å². The molecule has 0 aromatic heterocycles. The van der Waals surface area contributed by atoms with Gasteiger partial charge in [-0.15, -0.1) is 0 Å². The van der Waals surface area contributed by atoms with Crippen LogP contribution >= 0.6 is 0 Å². The fourth-order valence-corrected chi connectivity index (χ4v) is 1.36. The van der Waals surface area contributed by atoms with Gasteiger partial charge in [-0.3, -0.25) is 4.79 Å². The summed E-state index contributed by atoms with van der Waals surface area (Å²) in [5, 5.41) is 8.67. The Morgan fingerprint density at radius 2 is 2.21 bits per heavy atom. The largest absolute Gasteiger partial charge is 0.465 e. The molecule has 5 heteroatoms. The number of carbonyl (C=O) groups is 2. The Balaban J connectivity index is 2.65. The average Bonchev–Trinajstić information content (AvgIpc) is 2.07. The lowest BCUT2D eigenvalue weighted by Gasteiger charge is -2.25. The van der Waals surface area contributed by atoms with E-state index >= 15 is 0 Å². The van der Waals surface area contributed by atoms with E-state index in [1.165, 1.54) is 0 Å². The highest BCUT2D eigenvalue weighted by molar-refractivity contribution is 5.99. The van der Waals surface area contributed by atoms with Crippen LogP contribution < -0.4 is 0 Å².